The molecule has 0 N–H and O–H groups in total. The summed E-state index contributed by atoms with van der Waals surface area (Å²) in [7, 11) is 0. The molecule has 0 atom stereocenters. The molecular weight excluding hydrogens is 370 g/mol. The smallest absolute Gasteiger partial charge is 0.306 e. The van der Waals surface area contributed by atoms with Crippen molar-refractivity contribution >= 4 is 5.97 Å². The summed E-state index contributed by atoms with van der Waals surface area (Å²) in [5.74, 6) is -0.146. The van der Waals surface area contributed by atoms with E-state index >= 15 is 0 Å². The molecule has 3 nitrogen and oxygen atoms in total. The number of carbonyl (C=O) groups excluding carboxylic acids is 1. The van der Waals surface area contributed by atoms with Crippen molar-refractivity contribution in [3.63, 3.8) is 0 Å². The second-order valence-corrected chi connectivity index (χ2v) is 8.89. The van der Waals surface area contributed by atoms with Crippen molar-refractivity contribution in [2.24, 2.45) is 0 Å². The first kappa shape index (κ1) is 28.7. The molecule has 0 aromatic heterocycles. The van der Waals surface area contributed by atoms with E-state index in [9.17, 15) is 4.79 Å². The van der Waals surface area contributed by atoms with Gasteiger partial charge in [-0.3, -0.25) is 4.79 Å². The minimum atomic E-state index is -0.146. The molecule has 0 saturated heterocycles. The van der Waals surface area contributed by atoms with Gasteiger partial charge in [0.15, 0.2) is 0 Å². The van der Waals surface area contributed by atoms with Crippen LogP contribution in [-0.2, 0) is 9.53 Å². The van der Waals surface area contributed by atoms with Crippen molar-refractivity contribution in [1.29, 1.82) is 5.26 Å². The van der Waals surface area contributed by atoms with Crippen LogP contribution in [0.3, 0.4) is 0 Å². The molecule has 0 aliphatic rings. The highest BCUT2D eigenvalue weighted by Crippen LogP contribution is 2.15. The number of nitrogens with zero attached hydrogens (tertiary/aromatic N) is 1. The van der Waals surface area contributed by atoms with Gasteiger partial charge in [0.2, 0.25) is 0 Å². The molecule has 0 radical (unpaired) electrons. The third kappa shape index (κ3) is 23.0. The zero-order valence-corrected chi connectivity index (χ0v) is 20.2. The highest BCUT2D eigenvalue weighted by molar-refractivity contribution is 5.69. The maximum absolute atomic E-state index is 11.6. The Morgan fingerprint density at radius 1 is 0.700 bits per heavy atom. The molecule has 0 saturated carbocycles. The average molecular weight is 420 g/mol. The van der Waals surface area contributed by atoms with Crippen LogP contribution in [0, 0.1) is 11.3 Å². The van der Waals surface area contributed by atoms with Crippen molar-refractivity contribution in [3.05, 3.63) is 11.6 Å². The van der Waals surface area contributed by atoms with Crippen LogP contribution in [0.1, 0.15) is 142 Å². The largest absolute Gasteiger partial charge is 0.461 e. The molecular formula is C27H49NO2. The van der Waals surface area contributed by atoms with E-state index in [4.69, 9.17) is 10.00 Å². The first-order chi connectivity index (χ1) is 14.7. The number of esters is 1. The minimum Gasteiger partial charge on any atom is -0.461 e. The van der Waals surface area contributed by atoms with Crippen molar-refractivity contribution in [2.75, 3.05) is 6.61 Å². The zero-order chi connectivity index (χ0) is 22.1. The summed E-state index contributed by atoms with van der Waals surface area (Å²) in [5, 5.41) is 8.51. The molecule has 30 heavy (non-hydrogen) atoms. The van der Waals surface area contributed by atoms with Gasteiger partial charge >= 0.3 is 5.97 Å². The van der Waals surface area contributed by atoms with Gasteiger partial charge in [0.1, 0.15) is 6.61 Å². The second kappa shape index (κ2) is 24.0. The summed E-state index contributed by atoms with van der Waals surface area (Å²) < 4.78 is 5.14. The lowest BCUT2D eigenvalue weighted by Gasteiger charge is -2.05. The SMILES string of the molecule is CCCCCCCCCCCCCCCCCCCCCC(=O)OC/C(C)=C/C#N. The average Bonchev–Trinajstić information content (AvgIpc) is 2.74. The molecule has 0 aliphatic carbocycles. The Balaban J connectivity index is 3.17. The molecule has 0 aromatic rings. The van der Waals surface area contributed by atoms with E-state index in [0.717, 1.165) is 18.4 Å². The fraction of sp³-hybridized carbons (Fsp3) is 0.852. The molecule has 0 heterocycles. The Bertz CT molecular complexity index is 450. The summed E-state index contributed by atoms with van der Waals surface area (Å²) in [6, 6.07) is 1.94. The lowest BCUT2D eigenvalue weighted by molar-refractivity contribution is -0.142. The van der Waals surface area contributed by atoms with E-state index in [1.54, 1.807) is 6.92 Å². The molecule has 3 heteroatoms. The van der Waals surface area contributed by atoms with E-state index in [-0.39, 0.29) is 12.6 Å². The molecule has 0 spiro atoms. The number of allylic oxidation sites excluding steroid dienone is 1. The van der Waals surface area contributed by atoms with Gasteiger partial charge in [0.05, 0.1) is 6.07 Å². The van der Waals surface area contributed by atoms with Crippen LogP contribution in [-0.4, -0.2) is 12.6 Å². The van der Waals surface area contributed by atoms with E-state index in [1.165, 1.54) is 115 Å². The highest BCUT2D eigenvalue weighted by Gasteiger charge is 2.03. The van der Waals surface area contributed by atoms with E-state index in [1.807, 2.05) is 6.07 Å². The molecule has 0 amide bonds. The van der Waals surface area contributed by atoms with Crippen molar-refractivity contribution in [1.82, 2.24) is 0 Å². The Morgan fingerprint density at radius 2 is 1.07 bits per heavy atom. The molecule has 174 valence electrons. The Morgan fingerprint density at radius 3 is 1.43 bits per heavy atom. The van der Waals surface area contributed by atoms with Gasteiger partial charge in [-0.2, -0.15) is 5.26 Å². The van der Waals surface area contributed by atoms with Gasteiger partial charge in [-0.15, -0.1) is 0 Å². The van der Waals surface area contributed by atoms with Crippen molar-refractivity contribution < 1.29 is 9.53 Å². The number of nitriles is 1. The van der Waals surface area contributed by atoms with Gasteiger partial charge in [-0.1, -0.05) is 122 Å². The number of unbranched alkanes of at least 4 members (excludes halogenated alkanes) is 18. The summed E-state index contributed by atoms with van der Waals surface area (Å²) >= 11 is 0. The lowest BCUT2D eigenvalue weighted by Crippen LogP contribution is -2.06. The molecule has 0 rings (SSSR count). The van der Waals surface area contributed by atoms with Crippen molar-refractivity contribution in [2.45, 2.75) is 142 Å². The van der Waals surface area contributed by atoms with Crippen molar-refractivity contribution in [3.8, 4) is 6.07 Å². The first-order valence-electron chi connectivity index (χ1n) is 12.9. The summed E-state index contributed by atoms with van der Waals surface area (Å²) in [6.45, 7) is 4.32. The summed E-state index contributed by atoms with van der Waals surface area (Å²) in [5.41, 5.74) is 0.791. The summed E-state index contributed by atoms with van der Waals surface area (Å²) in [6.07, 6.45) is 27.7. The predicted molar refractivity (Wildman–Crippen MR) is 128 cm³/mol. The van der Waals surface area contributed by atoms with Gasteiger partial charge in [0.25, 0.3) is 0 Å². The normalized spacial score (nSPS) is 11.4. The summed E-state index contributed by atoms with van der Waals surface area (Å²) in [4.78, 5) is 11.6. The van der Waals surface area contributed by atoms with Crippen LogP contribution in [0.15, 0.2) is 11.6 Å². The second-order valence-electron chi connectivity index (χ2n) is 8.89. The van der Waals surface area contributed by atoms with Gasteiger partial charge in [0, 0.05) is 12.5 Å². The quantitative estimate of drug-likeness (QED) is 0.1000. The number of carbonyl (C=O) groups is 1. The predicted octanol–water partition coefficient (Wildman–Crippen LogP) is 8.82. The van der Waals surface area contributed by atoms with Crippen LogP contribution in [0.4, 0.5) is 0 Å². The number of ether oxygens (including phenoxy) is 1. The number of hydrogen-bond donors (Lipinski definition) is 0. The fourth-order valence-corrected chi connectivity index (χ4v) is 3.77. The van der Waals surface area contributed by atoms with Gasteiger partial charge in [-0.05, 0) is 18.9 Å². The van der Waals surface area contributed by atoms with E-state index in [2.05, 4.69) is 6.92 Å². The fourth-order valence-electron chi connectivity index (χ4n) is 3.77. The molecule has 0 bridgehead atoms. The van der Waals surface area contributed by atoms with Crippen LogP contribution in [0.25, 0.3) is 0 Å². The first-order valence-corrected chi connectivity index (χ1v) is 12.9. The van der Waals surface area contributed by atoms with Crippen LogP contribution in [0.5, 0.6) is 0 Å². The van der Waals surface area contributed by atoms with Crippen LogP contribution in [0.2, 0.25) is 0 Å². The standard InChI is InChI=1S/C27H49NO2/c1-3-4-5-6-7-8-9-10-11-12-13-14-15-16-17-18-19-20-21-22-27(29)30-25-26(2)23-24-28/h23H,3-22,25H2,1-2H3/b26-23+. The third-order valence-corrected chi connectivity index (χ3v) is 5.76. The van der Waals surface area contributed by atoms with Gasteiger partial charge in [-0.25, -0.2) is 0 Å². The Labute approximate surface area is 187 Å². The Kier molecular flexibility index (Phi) is 22.9. The maximum atomic E-state index is 11.6. The topological polar surface area (TPSA) is 50.1 Å². The molecule has 0 fully saturated rings. The molecule has 0 aliphatic heterocycles. The minimum absolute atomic E-state index is 0.146. The molecule has 0 unspecified atom stereocenters. The maximum Gasteiger partial charge on any atom is 0.306 e. The van der Waals surface area contributed by atoms with Gasteiger partial charge < -0.3 is 4.74 Å². The molecule has 0 aromatic carbocycles. The van der Waals surface area contributed by atoms with Crippen LogP contribution >= 0.6 is 0 Å². The van der Waals surface area contributed by atoms with E-state index in [0.29, 0.717) is 6.42 Å². The highest BCUT2D eigenvalue weighted by atomic mass is 16.5. The zero-order valence-electron chi connectivity index (χ0n) is 20.2. The monoisotopic (exact) mass is 419 g/mol. The third-order valence-electron chi connectivity index (χ3n) is 5.76. The number of rotatable bonds is 22. The lowest BCUT2D eigenvalue weighted by atomic mass is 10.0. The van der Waals surface area contributed by atoms with Crippen LogP contribution < -0.4 is 0 Å². The van der Waals surface area contributed by atoms with E-state index < -0.39 is 0 Å². The number of hydrogen-bond acceptors (Lipinski definition) is 3. The Hall–Kier alpha value is -1.30.